The van der Waals surface area contributed by atoms with Crippen molar-refractivity contribution in [2.24, 2.45) is 5.10 Å². The van der Waals surface area contributed by atoms with E-state index in [9.17, 15) is 9.18 Å². The Balaban J connectivity index is 1.53. The highest BCUT2D eigenvalue weighted by Gasteiger charge is 2.19. The fourth-order valence-corrected chi connectivity index (χ4v) is 4.40. The normalized spacial score (nSPS) is 11.7. The first-order valence-electron chi connectivity index (χ1n) is 11.2. The Morgan fingerprint density at radius 2 is 1.78 bits per heavy atom. The molecule has 0 aliphatic carbocycles. The molecule has 184 valence electrons. The van der Waals surface area contributed by atoms with Crippen molar-refractivity contribution in [1.82, 2.24) is 20.2 Å². The summed E-state index contributed by atoms with van der Waals surface area (Å²) in [5.74, 6) is -0.177. The van der Waals surface area contributed by atoms with E-state index in [1.54, 1.807) is 6.07 Å². The third-order valence-corrected chi connectivity index (χ3v) is 6.63. The van der Waals surface area contributed by atoms with Crippen molar-refractivity contribution >= 4 is 35.5 Å². The van der Waals surface area contributed by atoms with Crippen molar-refractivity contribution in [1.29, 1.82) is 0 Å². The Bertz CT molecular complexity index is 1360. The number of benzene rings is 3. The first-order valence-corrected chi connectivity index (χ1v) is 12.6. The van der Waals surface area contributed by atoms with E-state index in [0.29, 0.717) is 11.0 Å². The van der Waals surface area contributed by atoms with Crippen molar-refractivity contribution in [3.05, 3.63) is 94.8 Å². The maximum atomic E-state index is 13.9. The van der Waals surface area contributed by atoms with Crippen molar-refractivity contribution in [2.45, 2.75) is 31.3 Å². The molecule has 0 atom stereocenters. The Kier molecular flexibility index (Phi) is 7.86. The van der Waals surface area contributed by atoms with Crippen LogP contribution in [0.4, 0.5) is 4.39 Å². The molecule has 0 aliphatic heterocycles. The Hall–Kier alpha value is -3.49. The van der Waals surface area contributed by atoms with Gasteiger partial charge in [-0.1, -0.05) is 92.7 Å². The van der Waals surface area contributed by atoms with E-state index in [1.807, 2.05) is 47.0 Å². The molecule has 0 aliphatic rings. The van der Waals surface area contributed by atoms with E-state index in [-0.39, 0.29) is 27.7 Å². The Morgan fingerprint density at radius 3 is 2.44 bits per heavy atom. The van der Waals surface area contributed by atoms with Crippen LogP contribution in [0.1, 0.15) is 31.9 Å². The number of nitrogens with one attached hydrogen (secondary N) is 1. The van der Waals surface area contributed by atoms with E-state index in [4.69, 9.17) is 11.6 Å². The summed E-state index contributed by atoms with van der Waals surface area (Å²) in [6.07, 6.45) is 1.19. The molecular formula is C27H25ClFN5OS. The fourth-order valence-electron chi connectivity index (χ4n) is 3.44. The van der Waals surface area contributed by atoms with E-state index in [0.717, 1.165) is 11.3 Å². The van der Waals surface area contributed by atoms with Gasteiger partial charge in [-0.15, -0.1) is 10.2 Å². The number of carbonyl (C=O) groups excluding carboxylic acids is 1. The number of halogens is 2. The molecule has 1 aromatic heterocycles. The first-order chi connectivity index (χ1) is 17.2. The Labute approximate surface area is 218 Å². The molecule has 3 aromatic carbocycles. The average molecular weight is 522 g/mol. The van der Waals surface area contributed by atoms with Gasteiger partial charge in [-0.3, -0.25) is 9.36 Å². The standard InChI is InChI=1S/C27H25ClFN5OS/c1-27(2,3)19-14-12-18(13-15-19)25-32-33-26(34(25)20-8-5-4-6-9-20)36-17-24(35)31-30-16-21-22(28)10-7-11-23(21)29/h4-16H,17H2,1-3H3,(H,31,35). The maximum Gasteiger partial charge on any atom is 0.250 e. The molecule has 0 saturated heterocycles. The van der Waals surface area contributed by atoms with Crippen LogP contribution in [-0.2, 0) is 10.2 Å². The molecule has 6 nitrogen and oxygen atoms in total. The van der Waals surface area contributed by atoms with E-state index in [2.05, 4.69) is 53.6 Å². The summed E-state index contributed by atoms with van der Waals surface area (Å²) >= 11 is 7.21. The van der Waals surface area contributed by atoms with Crippen LogP contribution >= 0.6 is 23.4 Å². The number of hydrazone groups is 1. The first kappa shape index (κ1) is 25.6. The fraction of sp³-hybridized carbons (Fsp3) is 0.185. The van der Waals surface area contributed by atoms with Crippen LogP contribution in [-0.4, -0.2) is 32.6 Å². The van der Waals surface area contributed by atoms with Gasteiger partial charge >= 0.3 is 0 Å². The SMILES string of the molecule is CC(C)(C)c1ccc(-c2nnc(SCC(=O)NN=Cc3c(F)cccc3Cl)n2-c2ccccc2)cc1. The lowest BCUT2D eigenvalue weighted by molar-refractivity contribution is -0.118. The molecule has 1 N–H and O–H groups in total. The van der Waals surface area contributed by atoms with Gasteiger partial charge in [0.1, 0.15) is 5.82 Å². The van der Waals surface area contributed by atoms with Gasteiger partial charge in [0.05, 0.1) is 17.0 Å². The number of nitrogens with zero attached hydrogens (tertiary/aromatic N) is 4. The number of para-hydroxylation sites is 1. The minimum absolute atomic E-state index is 0.0380. The summed E-state index contributed by atoms with van der Waals surface area (Å²) in [6.45, 7) is 6.51. The van der Waals surface area contributed by atoms with Crippen LogP contribution in [0.5, 0.6) is 0 Å². The van der Waals surface area contributed by atoms with Gasteiger partial charge in [0.15, 0.2) is 11.0 Å². The zero-order chi connectivity index (χ0) is 25.7. The van der Waals surface area contributed by atoms with E-state index < -0.39 is 5.82 Å². The third kappa shape index (κ3) is 6.01. The van der Waals surface area contributed by atoms with Crippen molar-refractivity contribution in [3.8, 4) is 17.1 Å². The second-order valence-electron chi connectivity index (χ2n) is 9.02. The van der Waals surface area contributed by atoms with Crippen LogP contribution in [0.2, 0.25) is 5.02 Å². The molecule has 1 heterocycles. The number of aromatic nitrogens is 3. The zero-order valence-corrected chi connectivity index (χ0v) is 21.6. The summed E-state index contributed by atoms with van der Waals surface area (Å²) < 4.78 is 15.8. The minimum Gasteiger partial charge on any atom is -0.272 e. The van der Waals surface area contributed by atoms with Gasteiger partial charge in [0.2, 0.25) is 0 Å². The molecule has 1 amide bonds. The lowest BCUT2D eigenvalue weighted by atomic mass is 9.87. The minimum atomic E-state index is -0.520. The number of rotatable bonds is 7. The number of hydrogen-bond acceptors (Lipinski definition) is 5. The highest BCUT2D eigenvalue weighted by Crippen LogP contribution is 2.30. The van der Waals surface area contributed by atoms with Crippen molar-refractivity contribution in [2.75, 3.05) is 5.75 Å². The van der Waals surface area contributed by atoms with Crippen LogP contribution in [0.15, 0.2) is 83.1 Å². The summed E-state index contributed by atoms with van der Waals surface area (Å²) in [6, 6.07) is 22.3. The largest absolute Gasteiger partial charge is 0.272 e. The number of thioether (sulfide) groups is 1. The molecule has 0 fully saturated rings. The number of carbonyl (C=O) groups is 1. The second-order valence-corrected chi connectivity index (χ2v) is 10.4. The van der Waals surface area contributed by atoms with Gasteiger partial charge in [0.25, 0.3) is 5.91 Å². The van der Waals surface area contributed by atoms with E-state index >= 15 is 0 Å². The lowest BCUT2D eigenvalue weighted by Gasteiger charge is -2.19. The van der Waals surface area contributed by atoms with Gasteiger partial charge < -0.3 is 0 Å². The summed E-state index contributed by atoms with van der Waals surface area (Å²) in [5.41, 5.74) is 5.58. The van der Waals surface area contributed by atoms with Crippen LogP contribution in [0.3, 0.4) is 0 Å². The average Bonchev–Trinajstić information content (AvgIpc) is 3.28. The smallest absolute Gasteiger partial charge is 0.250 e. The molecule has 9 heteroatoms. The topological polar surface area (TPSA) is 72.2 Å². The molecule has 4 aromatic rings. The molecule has 0 spiro atoms. The molecule has 0 saturated carbocycles. The molecular weight excluding hydrogens is 497 g/mol. The Morgan fingerprint density at radius 1 is 1.06 bits per heavy atom. The summed E-state index contributed by atoms with van der Waals surface area (Å²) in [5, 5.41) is 13.4. The van der Waals surface area contributed by atoms with Crippen LogP contribution < -0.4 is 5.43 Å². The van der Waals surface area contributed by atoms with Gasteiger partial charge in [-0.25, -0.2) is 9.82 Å². The number of amides is 1. The number of hydrogen-bond donors (Lipinski definition) is 1. The predicted octanol–water partition coefficient (Wildman–Crippen LogP) is 6.27. The second kappa shape index (κ2) is 11.1. The highest BCUT2D eigenvalue weighted by atomic mass is 35.5. The third-order valence-electron chi connectivity index (χ3n) is 5.37. The van der Waals surface area contributed by atoms with Crippen LogP contribution in [0.25, 0.3) is 17.1 Å². The molecule has 36 heavy (non-hydrogen) atoms. The molecule has 0 radical (unpaired) electrons. The lowest BCUT2D eigenvalue weighted by Crippen LogP contribution is -2.20. The molecule has 4 rings (SSSR count). The predicted molar refractivity (Wildman–Crippen MR) is 143 cm³/mol. The van der Waals surface area contributed by atoms with Gasteiger partial charge in [0, 0.05) is 16.8 Å². The monoisotopic (exact) mass is 521 g/mol. The van der Waals surface area contributed by atoms with Gasteiger partial charge in [-0.2, -0.15) is 5.10 Å². The van der Waals surface area contributed by atoms with Crippen molar-refractivity contribution < 1.29 is 9.18 Å². The molecule has 0 unspecified atom stereocenters. The van der Waals surface area contributed by atoms with Gasteiger partial charge in [-0.05, 0) is 35.2 Å². The van der Waals surface area contributed by atoms with Crippen LogP contribution in [0, 0.1) is 5.82 Å². The highest BCUT2D eigenvalue weighted by molar-refractivity contribution is 7.99. The van der Waals surface area contributed by atoms with Crippen molar-refractivity contribution in [3.63, 3.8) is 0 Å². The quantitative estimate of drug-likeness (QED) is 0.177. The maximum absolute atomic E-state index is 13.9. The van der Waals surface area contributed by atoms with E-state index in [1.165, 1.54) is 35.7 Å². The zero-order valence-electron chi connectivity index (χ0n) is 20.1. The summed E-state index contributed by atoms with van der Waals surface area (Å²) in [4.78, 5) is 12.4. The summed E-state index contributed by atoms with van der Waals surface area (Å²) in [7, 11) is 0. The molecule has 0 bridgehead atoms.